The van der Waals surface area contributed by atoms with E-state index in [9.17, 15) is 10.1 Å². The first-order valence-corrected chi connectivity index (χ1v) is 7.28. The minimum Gasteiger partial charge on any atom is -0.493 e. The highest BCUT2D eigenvalue weighted by atomic mass is 16.6. The highest BCUT2D eigenvalue weighted by molar-refractivity contribution is 5.54. The topological polar surface area (TPSA) is 66.0 Å². The third-order valence-corrected chi connectivity index (χ3v) is 4.09. The zero-order chi connectivity index (χ0) is 15.4. The van der Waals surface area contributed by atoms with Gasteiger partial charge in [-0.2, -0.15) is 0 Å². The van der Waals surface area contributed by atoms with E-state index in [-0.39, 0.29) is 10.6 Å². The van der Waals surface area contributed by atoms with Crippen LogP contribution in [0.25, 0.3) is 0 Å². The van der Waals surface area contributed by atoms with Crippen molar-refractivity contribution in [1.29, 1.82) is 0 Å². The Morgan fingerprint density at radius 2 is 2.00 bits per heavy atom. The van der Waals surface area contributed by atoms with Crippen LogP contribution in [0.5, 0.6) is 11.5 Å². The van der Waals surface area contributed by atoms with Crippen molar-refractivity contribution in [3.8, 4) is 11.5 Å². The number of piperidine rings is 1. The zero-order valence-electron chi connectivity index (χ0n) is 12.8. The maximum Gasteiger partial charge on any atom is 0.282 e. The molecule has 1 N–H and O–H groups in total. The molecule has 0 aromatic heterocycles. The van der Waals surface area contributed by atoms with Gasteiger partial charge in [-0.25, -0.2) is 0 Å². The second-order valence-electron chi connectivity index (χ2n) is 5.72. The van der Waals surface area contributed by atoms with Gasteiger partial charge >= 0.3 is 0 Å². The molecule has 1 aliphatic rings. The molecule has 2 rings (SSSR count). The van der Waals surface area contributed by atoms with E-state index in [1.807, 2.05) is 0 Å². The Morgan fingerprint density at radius 1 is 1.33 bits per heavy atom. The molecule has 1 fully saturated rings. The number of hydrogen-bond acceptors (Lipinski definition) is 4. The molecule has 6 nitrogen and oxygen atoms in total. The van der Waals surface area contributed by atoms with E-state index in [2.05, 4.69) is 6.92 Å². The lowest BCUT2D eigenvalue weighted by Crippen LogP contribution is -3.12. The van der Waals surface area contributed by atoms with Gasteiger partial charge in [-0.15, -0.1) is 0 Å². The van der Waals surface area contributed by atoms with Crippen LogP contribution in [0.2, 0.25) is 0 Å². The fraction of sp³-hybridized carbons (Fsp3) is 0.600. The molecule has 1 saturated heterocycles. The van der Waals surface area contributed by atoms with Gasteiger partial charge in [-0.1, -0.05) is 6.92 Å². The van der Waals surface area contributed by atoms with Gasteiger partial charge in [-0.3, -0.25) is 10.1 Å². The van der Waals surface area contributed by atoms with Crippen LogP contribution in [0, 0.1) is 16.0 Å². The quantitative estimate of drug-likeness (QED) is 0.659. The highest BCUT2D eigenvalue weighted by Gasteiger charge is 2.25. The predicted molar refractivity (Wildman–Crippen MR) is 79.0 cm³/mol. The number of nitro benzene ring substituents is 1. The zero-order valence-corrected chi connectivity index (χ0v) is 12.8. The van der Waals surface area contributed by atoms with E-state index in [0.717, 1.165) is 13.1 Å². The van der Waals surface area contributed by atoms with Crippen LogP contribution < -0.4 is 14.4 Å². The van der Waals surface area contributed by atoms with E-state index >= 15 is 0 Å². The Bertz CT molecular complexity index is 519. The summed E-state index contributed by atoms with van der Waals surface area (Å²) in [7, 11) is 3.03. The monoisotopic (exact) mass is 295 g/mol. The summed E-state index contributed by atoms with van der Waals surface area (Å²) in [6.07, 6.45) is 2.43. The summed E-state index contributed by atoms with van der Waals surface area (Å²) in [4.78, 5) is 12.3. The predicted octanol–water partition coefficient (Wildman–Crippen LogP) is 1.43. The molecular formula is C15H23N2O4+. The summed E-state index contributed by atoms with van der Waals surface area (Å²) in [6.45, 7) is 5.02. The molecule has 0 radical (unpaired) electrons. The van der Waals surface area contributed by atoms with E-state index < -0.39 is 0 Å². The molecular weight excluding hydrogens is 272 g/mol. The second-order valence-corrected chi connectivity index (χ2v) is 5.72. The van der Waals surface area contributed by atoms with E-state index in [1.54, 1.807) is 13.2 Å². The number of nitrogens with one attached hydrogen (secondary N) is 1. The molecule has 2 atom stereocenters. The average molecular weight is 295 g/mol. The Labute approximate surface area is 124 Å². The van der Waals surface area contributed by atoms with Crippen LogP contribution in [0.4, 0.5) is 5.69 Å². The molecule has 0 amide bonds. The fourth-order valence-electron chi connectivity index (χ4n) is 3.05. The molecule has 0 spiro atoms. The lowest BCUT2D eigenvalue weighted by molar-refractivity contribution is -0.922. The number of ether oxygens (including phenoxy) is 2. The Kier molecular flexibility index (Phi) is 5.01. The van der Waals surface area contributed by atoms with Gasteiger partial charge in [0.1, 0.15) is 6.54 Å². The molecule has 116 valence electrons. The maximum atomic E-state index is 11.3. The number of hydrogen-bond donors (Lipinski definition) is 1. The molecule has 21 heavy (non-hydrogen) atoms. The molecule has 0 bridgehead atoms. The van der Waals surface area contributed by atoms with Crippen molar-refractivity contribution in [3.05, 3.63) is 27.8 Å². The van der Waals surface area contributed by atoms with Gasteiger partial charge in [0, 0.05) is 5.92 Å². The smallest absolute Gasteiger partial charge is 0.282 e. The van der Waals surface area contributed by atoms with Gasteiger partial charge < -0.3 is 14.4 Å². The van der Waals surface area contributed by atoms with Gasteiger partial charge in [-0.05, 0) is 18.9 Å². The number of likely N-dealkylation sites (tertiary alicyclic amines) is 1. The van der Waals surface area contributed by atoms with E-state index in [0.29, 0.717) is 29.5 Å². The van der Waals surface area contributed by atoms with Gasteiger partial charge in [0.25, 0.3) is 5.69 Å². The summed E-state index contributed by atoms with van der Waals surface area (Å²) in [5.41, 5.74) is 0.820. The normalized spacial score (nSPS) is 21.9. The van der Waals surface area contributed by atoms with Crippen molar-refractivity contribution >= 4 is 5.69 Å². The summed E-state index contributed by atoms with van der Waals surface area (Å²) in [5, 5.41) is 11.3. The molecule has 6 heteroatoms. The number of nitro groups is 1. The summed E-state index contributed by atoms with van der Waals surface area (Å²) in [5.74, 6) is 1.62. The Hall–Kier alpha value is -1.82. The number of rotatable bonds is 5. The van der Waals surface area contributed by atoms with Crippen molar-refractivity contribution in [2.45, 2.75) is 26.3 Å². The van der Waals surface area contributed by atoms with E-state index in [4.69, 9.17) is 9.47 Å². The van der Waals surface area contributed by atoms with Crippen molar-refractivity contribution < 1.29 is 19.3 Å². The van der Waals surface area contributed by atoms with Crippen molar-refractivity contribution in [2.75, 3.05) is 27.3 Å². The lowest BCUT2D eigenvalue weighted by Gasteiger charge is -2.27. The second kappa shape index (κ2) is 6.76. The SMILES string of the molecule is COc1cc(C[NH+]2CCC[C@H](C)C2)c([N+](=O)[O-])cc1OC. The molecule has 1 aliphatic heterocycles. The van der Waals surface area contributed by atoms with Crippen molar-refractivity contribution in [1.82, 2.24) is 0 Å². The average Bonchev–Trinajstić information content (AvgIpc) is 2.46. The minimum atomic E-state index is -0.343. The third kappa shape index (κ3) is 3.64. The minimum absolute atomic E-state index is 0.110. The highest BCUT2D eigenvalue weighted by Crippen LogP contribution is 2.34. The van der Waals surface area contributed by atoms with Crippen LogP contribution in [0.15, 0.2) is 12.1 Å². The lowest BCUT2D eigenvalue weighted by atomic mass is 9.99. The number of benzene rings is 1. The number of quaternary nitrogens is 1. The van der Waals surface area contributed by atoms with Gasteiger partial charge in [0.05, 0.1) is 43.9 Å². The van der Waals surface area contributed by atoms with Crippen molar-refractivity contribution in [2.24, 2.45) is 5.92 Å². The van der Waals surface area contributed by atoms with Crippen LogP contribution in [-0.2, 0) is 6.54 Å². The fourth-order valence-corrected chi connectivity index (χ4v) is 3.05. The molecule has 0 aliphatic carbocycles. The number of nitrogens with zero attached hydrogens (tertiary/aromatic N) is 1. The summed E-state index contributed by atoms with van der Waals surface area (Å²) < 4.78 is 10.4. The van der Waals surface area contributed by atoms with Gasteiger partial charge in [0.2, 0.25) is 0 Å². The van der Waals surface area contributed by atoms with Gasteiger partial charge in [0.15, 0.2) is 11.5 Å². The third-order valence-electron chi connectivity index (χ3n) is 4.09. The van der Waals surface area contributed by atoms with Crippen LogP contribution in [-0.4, -0.2) is 32.2 Å². The molecule has 1 unspecified atom stereocenters. The van der Waals surface area contributed by atoms with Crippen LogP contribution in [0.1, 0.15) is 25.3 Å². The Morgan fingerprint density at radius 3 is 2.57 bits per heavy atom. The summed E-state index contributed by atoms with van der Waals surface area (Å²) in [6, 6.07) is 3.20. The van der Waals surface area contributed by atoms with Crippen LogP contribution >= 0.6 is 0 Å². The first-order chi connectivity index (χ1) is 10.0. The largest absolute Gasteiger partial charge is 0.493 e. The first kappa shape index (κ1) is 15.6. The van der Waals surface area contributed by atoms with Crippen LogP contribution in [0.3, 0.4) is 0 Å². The molecule has 1 aromatic rings. The summed E-state index contributed by atoms with van der Waals surface area (Å²) >= 11 is 0. The molecule has 1 heterocycles. The van der Waals surface area contributed by atoms with Crippen molar-refractivity contribution in [3.63, 3.8) is 0 Å². The first-order valence-electron chi connectivity index (χ1n) is 7.28. The molecule has 1 aromatic carbocycles. The number of methoxy groups -OCH3 is 2. The maximum absolute atomic E-state index is 11.3. The van der Waals surface area contributed by atoms with E-state index in [1.165, 1.54) is 30.9 Å². The Balaban J connectivity index is 2.29. The molecule has 0 saturated carbocycles. The standard InChI is InChI=1S/C15H22N2O4/c1-11-5-4-6-16(9-11)10-12-7-14(20-2)15(21-3)8-13(12)17(18)19/h7-8,11H,4-6,9-10H2,1-3H3/p+1/t11-/m0/s1.